The zero-order valence-electron chi connectivity index (χ0n) is 12.8. The molecule has 19 heavy (non-hydrogen) atoms. The van der Waals surface area contributed by atoms with E-state index >= 15 is 0 Å². The van der Waals surface area contributed by atoms with Crippen LogP contribution in [0.1, 0.15) is 45.7 Å². The van der Waals surface area contributed by atoms with E-state index in [1.807, 2.05) is 38.1 Å². The zero-order chi connectivity index (χ0) is 14.5. The van der Waals surface area contributed by atoms with Gasteiger partial charge < -0.3 is 15.3 Å². The highest BCUT2D eigenvalue weighted by Crippen LogP contribution is 2.22. The lowest BCUT2D eigenvalue weighted by molar-refractivity contribution is 0.215. The van der Waals surface area contributed by atoms with Crippen molar-refractivity contribution in [1.29, 1.82) is 0 Å². The fraction of sp³-hybridized carbons (Fsp3) is 0.667. The maximum atomic E-state index is 9.44. The second kappa shape index (κ2) is 6.87. The molecule has 0 aromatic carbocycles. The van der Waals surface area contributed by atoms with E-state index in [9.17, 15) is 5.11 Å². The zero-order valence-corrected chi connectivity index (χ0v) is 12.8. The first-order chi connectivity index (χ1) is 8.92. The Morgan fingerprint density at radius 3 is 2.74 bits per heavy atom. The van der Waals surface area contributed by atoms with Crippen molar-refractivity contribution in [2.24, 2.45) is 0 Å². The molecular weight excluding hydrogens is 238 g/mol. The van der Waals surface area contributed by atoms with Crippen molar-refractivity contribution in [3.63, 3.8) is 0 Å². The lowest BCUT2D eigenvalue weighted by Gasteiger charge is -2.35. The number of aliphatic hydroxyl groups is 1. The molecule has 4 heteroatoms. The number of anilines is 1. The van der Waals surface area contributed by atoms with Gasteiger partial charge in [-0.2, -0.15) is 0 Å². The standard InChI is InChI=1S/C15H27N3O/c1-6-8-16-12(2)13-7-9-17-14(10-13)18(5)15(3,4)11-19/h7,9-10,12,16,19H,6,8,11H2,1-5H3. The number of aliphatic hydroxyl groups excluding tert-OH is 1. The largest absolute Gasteiger partial charge is 0.394 e. The molecule has 0 bridgehead atoms. The van der Waals surface area contributed by atoms with Crippen LogP contribution in [0.25, 0.3) is 0 Å². The first-order valence-electron chi connectivity index (χ1n) is 6.96. The molecule has 0 saturated heterocycles. The Morgan fingerprint density at radius 2 is 2.16 bits per heavy atom. The van der Waals surface area contributed by atoms with Crippen LogP contribution in [-0.4, -0.2) is 35.8 Å². The SMILES string of the molecule is CCCNC(C)c1ccnc(N(C)C(C)(C)CO)c1. The van der Waals surface area contributed by atoms with E-state index in [0.29, 0.717) is 6.04 Å². The van der Waals surface area contributed by atoms with Gasteiger partial charge in [0.15, 0.2) is 0 Å². The van der Waals surface area contributed by atoms with Crippen molar-refractivity contribution in [1.82, 2.24) is 10.3 Å². The molecule has 0 saturated carbocycles. The van der Waals surface area contributed by atoms with Crippen LogP contribution in [0.15, 0.2) is 18.3 Å². The molecule has 1 rings (SSSR count). The van der Waals surface area contributed by atoms with Gasteiger partial charge in [-0.3, -0.25) is 0 Å². The average Bonchev–Trinajstić information content (AvgIpc) is 2.43. The third kappa shape index (κ3) is 4.18. The van der Waals surface area contributed by atoms with Gasteiger partial charge in [0.25, 0.3) is 0 Å². The van der Waals surface area contributed by atoms with Gasteiger partial charge in [0.05, 0.1) is 12.1 Å². The summed E-state index contributed by atoms with van der Waals surface area (Å²) in [5.41, 5.74) is 0.908. The fourth-order valence-corrected chi connectivity index (χ4v) is 1.78. The van der Waals surface area contributed by atoms with Gasteiger partial charge >= 0.3 is 0 Å². The van der Waals surface area contributed by atoms with E-state index < -0.39 is 0 Å². The van der Waals surface area contributed by atoms with Crippen LogP contribution in [0.2, 0.25) is 0 Å². The van der Waals surface area contributed by atoms with Crippen LogP contribution in [0.5, 0.6) is 0 Å². The van der Waals surface area contributed by atoms with Crippen LogP contribution in [0.4, 0.5) is 5.82 Å². The predicted molar refractivity (Wildman–Crippen MR) is 80.5 cm³/mol. The molecule has 1 aromatic rings. The van der Waals surface area contributed by atoms with Crippen molar-refractivity contribution < 1.29 is 5.11 Å². The van der Waals surface area contributed by atoms with Crippen LogP contribution >= 0.6 is 0 Å². The quantitative estimate of drug-likeness (QED) is 0.794. The van der Waals surface area contributed by atoms with Gasteiger partial charge in [0.2, 0.25) is 0 Å². The van der Waals surface area contributed by atoms with Crippen molar-refractivity contribution in [3.8, 4) is 0 Å². The van der Waals surface area contributed by atoms with Crippen molar-refractivity contribution in [3.05, 3.63) is 23.9 Å². The summed E-state index contributed by atoms with van der Waals surface area (Å²) in [6, 6.07) is 4.44. The van der Waals surface area contributed by atoms with Gasteiger partial charge in [0.1, 0.15) is 5.82 Å². The Morgan fingerprint density at radius 1 is 1.47 bits per heavy atom. The minimum Gasteiger partial charge on any atom is -0.394 e. The molecule has 0 spiro atoms. The molecule has 1 unspecified atom stereocenters. The summed E-state index contributed by atoms with van der Waals surface area (Å²) in [5.74, 6) is 0.890. The second-order valence-electron chi connectivity index (χ2n) is 5.65. The highest BCUT2D eigenvalue weighted by atomic mass is 16.3. The molecule has 0 aliphatic carbocycles. The first-order valence-corrected chi connectivity index (χ1v) is 6.96. The number of likely N-dealkylation sites (N-methyl/N-ethyl adjacent to an activating group) is 1. The summed E-state index contributed by atoms with van der Waals surface area (Å²) in [5, 5.41) is 12.9. The number of nitrogens with zero attached hydrogens (tertiary/aromatic N) is 2. The van der Waals surface area contributed by atoms with E-state index in [-0.39, 0.29) is 12.1 Å². The molecule has 0 amide bonds. The number of hydrogen-bond donors (Lipinski definition) is 2. The van der Waals surface area contributed by atoms with E-state index in [2.05, 4.69) is 30.2 Å². The lowest BCUT2D eigenvalue weighted by atomic mass is 10.0. The number of hydrogen-bond acceptors (Lipinski definition) is 4. The second-order valence-corrected chi connectivity index (χ2v) is 5.65. The van der Waals surface area contributed by atoms with Gasteiger partial charge in [-0.25, -0.2) is 4.98 Å². The summed E-state index contributed by atoms with van der Waals surface area (Å²) in [6.07, 6.45) is 2.96. The fourth-order valence-electron chi connectivity index (χ4n) is 1.78. The van der Waals surface area contributed by atoms with Crippen LogP contribution in [0, 0.1) is 0 Å². The highest BCUT2D eigenvalue weighted by Gasteiger charge is 2.24. The Kier molecular flexibility index (Phi) is 5.76. The molecule has 1 atom stereocenters. The molecule has 0 radical (unpaired) electrons. The predicted octanol–water partition coefficient (Wildman–Crippen LogP) is 2.35. The van der Waals surface area contributed by atoms with Crippen LogP contribution in [-0.2, 0) is 0 Å². The molecule has 108 valence electrons. The number of nitrogens with one attached hydrogen (secondary N) is 1. The van der Waals surface area contributed by atoms with Crippen molar-refractivity contribution in [2.75, 3.05) is 25.1 Å². The summed E-state index contributed by atoms with van der Waals surface area (Å²) in [4.78, 5) is 6.42. The normalized spacial score (nSPS) is 13.4. The Bertz CT molecular complexity index is 393. The molecule has 2 N–H and O–H groups in total. The molecule has 0 aliphatic heterocycles. The van der Waals surface area contributed by atoms with E-state index in [0.717, 1.165) is 18.8 Å². The van der Waals surface area contributed by atoms with E-state index in [1.54, 1.807) is 0 Å². The average molecular weight is 265 g/mol. The van der Waals surface area contributed by atoms with Crippen molar-refractivity contribution >= 4 is 5.82 Å². The molecular formula is C15H27N3O. The minimum atomic E-state index is -0.314. The minimum absolute atomic E-state index is 0.0963. The Balaban J connectivity index is 2.88. The third-order valence-electron chi connectivity index (χ3n) is 3.61. The van der Waals surface area contributed by atoms with Crippen molar-refractivity contribution in [2.45, 2.75) is 45.7 Å². The van der Waals surface area contributed by atoms with E-state index in [4.69, 9.17) is 0 Å². The number of aromatic nitrogens is 1. The maximum Gasteiger partial charge on any atom is 0.129 e. The summed E-state index contributed by atoms with van der Waals surface area (Å²) in [7, 11) is 1.96. The van der Waals surface area contributed by atoms with Gasteiger partial charge in [-0.1, -0.05) is 6.92 Å². The number of rotatable bonds is 7. The van der Waals surface area contributed by atoms with Gasteiger partial charge in [0, 0.05) is 19.3 Å². The maximum absolute atomic E-state index is 9.44. The topological polar surface area (TPSA) is 48.4 Å². The Hall–Kier alpha value is -1.13. The lowest BCUT2D eigenvalue weighted by Crippen LogP contribution is -2.44. The summed E-state index contributed by atoms with van der Waals surface area (Å²) < 4.78 is 0. The molecule has 1 aromatic heterocycles. The summed E-state index contributed by atoms with van der Waals surface area (Å²) in [6.45, 7) is 9.43. The molecule has 0 fully saturated rings. The monoisotopic (exact) mass is 265 g/mol. The van der Waals surface area contributed by atoms with Gasteiger partial charge in [-0.15, -0.1) is 0 Å². The number of pyridine rings is 1. The summed E-state index contributed by atoms with van der Waals surface area (Å²) >= 11 is 0. The van der Waals surface area contributed by atoms with E-state index in [1.165, 1.54) is 5.56 Å². The Labute approximate surface area is 116 Å². The molecule has 0 aliphatic rings. The third-order valence-corrected chi connectivity index (χ3v) is 3.61. The van der Waals surface area contributed by atoms with Crippen LogP contribution < -0.4 is 10.2 Å². The van der Waals surface area contributed by atoms with Crippen LogP contribution in [0.3, 0.4) is 0 Å². The molecule has 1 heterocycles. The highest BCUT2D eigenvalue weighted by molar-refractivity contribution is 5.43. The smallest absolute Gasteiger partial charge is 0.129 e. The molecule has 4 nitrogen and oxygen atoms in total. The first kappa shape index (κ1) is 15.9. The van der Waals surface area contributed by atoms with Gasteiger partial charge in [-0.05, 0) is 51.4 Å².